The van der Waals surface area contributed by atoms with E-state index in [1.165, 1.54) is 5.56 Å². The molecule has 102 valence electrons. The average molecular weight is 261 g/mol. The van der Waals surface area contributed by atoms with E-state index in [4.69, 9.17) is 9.47 Å². The molecule has 0 aromatic heterocycles. The van der Waals surface area contributed by atoms with Crippen LogP contribution in [0.5, 0.6) is 0 Å². The lowest BCUT2D eigenvalue weighted by molar-refractivity contribution is -0.198. The number of ether oxygens (including phenoxy) is 2. The van der Waals surface area contributed by atoms with Crippen molar-refractivity contribution < 1.29 is 14.3 Å². The fourth-order valence-corrected chi connectivity index (χ4v) is 2.93. The summed E-state index contributed by atoms with van der Waals surface area (Å²) < 4.78 is 11.5. The highest BCUT2D eigenvalue weighted by Gasteiger charge is 2.43. The average Bonchev–Trinajstić information content (AvgIpc) is 2.88. The first-order valence-electron chi connectivity index (χ1n) is 6.82. The van der Waals surface area contributed by atoms with Gasteiger partial charge in [-0.05, 0) is 12.0 Å². The second-order valence-electron chi connectivity index (χ2n) is 5.24. The normalized spacial score (nSPS) is 26.6. The summed E-state index contributed by atoms with van der Waals surface area (Å²) in [5.41, 5.74) is 1.21. The van der Waals surface area contributed by atoms with Crippen molar-refractivity contribution in [3.8, 4) is 0 Å². The first kappa shape index (κ1) is 12.8. The second-order valence-corrected chi connectivity index (χ2v) is 5.24. The standard InChI is InChI=1S/C15H19NO3/c17-11-14-6-7-15(18-8-9-19-15)12-16(14)10-13-4-2-1-3-5-13/h1-5,11,14H,6-10,12H2. The molecular weight excluding hydrogens is 242 g/mol. The van der Waals surface area contributed by atoms with E-state index < -0.39 is 5.79 Å². The highest BCUT2D eigenvalue weighted by molar-refractivity contribution is 5.57. The number of likely N-dealkylation sites (tertiary alicyclic amines) is 1. The Morgan fingerprint density at radius 1 is 1.26 bits per heavy atom. The van der Waals surface area contributed by atoms with E-state index >= 15 is 0 Å². The largest absolute Gasteiger partial charge is 0.346 e. The minimum absolute atomic E-state index is 0.0290. The SMILES string of the molecule is O=CC1CCC2(CN1Cc1ccccc1)OCCO2. The van der Waals surface area contributed by atoms with Gasteiger partial charge in [0.05, 0.1) is 25.8 Å². The molecule has 0 amide bonds. The van der Waals surface area contributed by atoms with Crippen LogP contribution in [0.4, 0.5) is 0 Å². The Bertz CT molecular complexity index is 428. The summed E-state index contributed by atoms with van der Waals surface area (Å²) in [7, 11) is 0. The Morgan fingerprint density at radius 2 is 2.00 bits per heavy atom. The van der Waals surface area contributed by atoms with Crippen LogP contribution < -0.4 is 0 Å². The van der Waals surface area contributed by atoms with Crippen molar-refractivity contribution in [2.75, 3.05) is 19.8 Å². The summed E-state index contributed by atoms with van der Waals surface area (Å²) in [4.78, 5) is 13.4. The van der Waals surface area contributed by atoms with E-state index in [0.29, 0.717) is 19.8 Å². The van der Waals surface area contributed by atoms with Gasteiger partial charge in [-0.25, -0.2) is 0 Å². The van der Waals surface area contributed by atoms with Crippen molar-refractivity contribution in [1.82, 2.24) is 4.90 Å². The maximum Gasteiger partial charge on any atom is 0.181 e. The molecule has 1 unspecified atom stereocenters. The maximum absolute atomic E-state index is 11.2. The van der Waals surface area contributed by atoms with Crippen molar-refractivity contribution in [3.05, 3.63) is 35.9 Å². The second kappa shape index (κ2) is 5.41. The molecule has 2 fully saturated rings. The Kier molecular flexibility index (Phi) is 3.64. The number of nitrogens with zero attached hydrogens (tertiary/aromatic N) is 1. The molecule has 0 saturated carbocycles. The Balaban J connectivity index is 1.74. The van der Waals surface area contributed by atoms with Gasteiger partial charge in [-0.3, -0.25) is 4.90 Å². The fourth-order valence-electron chi connectivity index (χ4n) is 2.93. The molecule has 2 aliphatic rings. The van der Waals surface area contributed by atoms with Gasteiger partial charge in [-0.15, -0.1) is 0 Å². The van der Waals surface area contributed by atoms with Crippen LogP contribution in [0.2, 0.25) is 0 Å². The number of rotatable bonds is 3. The molecule has 0 N–H and O–H groups in total. The van der Waals surface area contributed by atoms with E-state index in [9.17, 15) is 4.79 Å². The highest BCUT2D eigenvalue weighted by Crippen LogP contribution is 2.33. The van der Waals surface area contributed by atoms with Gasteiger partial charge in [0.2, 0.25) is 0 Å². The predicted molar refractivity (Wildman–Crippen MR) is 70.6 cm³/mol. The van der Waals surface area contributed by atoms with E-state index in [1.807, 2.05) is 18.2 Å². The van der Waals surface area contributed by atoms with Crippen LogP contribution in [0, 0.1) is 0 Å². The van der Waals surface area contributed by atoms with Gasteiger partial charge in [0.1, 0.15) is 6.29 Å². The molecule has 1 atom stereocenters. The third kappa shape index (κ3) is 2.71. The molecule has 2 heterocycles. The minimum atomic E-state index is -0.478. The molecule has 0 radical (unpaired) electrons. The molecule has 19 heavy (non-hydrogen) atoms. The molecule has 0 bridgehead atoms. The smallest absolute Gasteiger partial charge is 0.181 e. The summed E-state index contributed by atoms with van der Waals surface area (Å²) in [5, 5.41) is 0. The zero-order valence-electron chi connectivity index (χ0n) is 11.0. The number of aldehydes is 1. The van der Waals surface area contributed by atoms with E-state index in [-0.39, 0.29) is 6.04 Å². The van der Waals surface area contributed by atoms with Gasteiger partial charge in [0.15, 0.2) is 5.79 Å². The van der Waals surface area contributed by atoms with Crippen LogP contribution in [0.15, 0.2) is 30.3 Å². The number of piperidine rings is 1. The van der Waals surface area contributed by atoms with Crippen LogP contribution in [-0.2, 0) is 20.8 Å². The molecule has 4 heteroatoms. The third-order valence-electron chi connectivity index (χ3n) is 3.93. The predicted octanol–water partition coefficient (Wildman–Crippen LogP) is 1.59. The summed E-state index contributed by atoms with van der Waals surface area (Å²) in [6.45, 7) is 2.75. The molecule has 0 aliphatic carbocycles. The molecule has 1 aromatic rings. The minimum Gasteiger partial charge on any atom is -0.346 e. The topological polar surface area (TPSA) is 38.8 Å². The van der Waals surface area contributed by atoms with Crippen molar-refractivity contribution in [3.63, 3.8) is 0 Å². The van der Waals surface area contributed by atoms with E-state index in [2.05, 4.69) is 17.0 Å². The summed E-state index contributed by atoms with van der Waals surface area (Å²) in [5.74, 6) is -0.478. The first-order chi connectivity index (χ1) is 9.31. The van der Waals surface area contributed by atoms with Gasteiger partial charge in [-0.1, -0.05) is 30.3 Å². The monoisotopic (exact) mass is 261 g/mol. The van der Waals surface area contributed by atoms with E-state index in [1.54, 1.807) is 0 Å². The number of hydrogen-bond acceptors (Lipinski definition) is 4. The fraction of sp³-hybridized carbons (Fsp3) is 0.533. The number of carbonyl (C=O) groups excluding carboxylic acids is 1. The zero-order valence-corrected chi connectivity index (χ0v) is 11.0. The van der Waals surface area contributed by atoms with Crippen LogP contribution in [0.1, 0.15) is 18.4 Å². The molecule has 4 nitrogen and oxygen atoms in total. The Labute approximate surface area is 113 Å². The quantitative estimate of drug-likeness (QED) is 0.775. The van der Waals surface area contributed by atoms with E-state index in [0.717, 1.165) is 25.7 Å². The maximum atomic E-state index is 11.2. The van der Waals surface area contributed by atoms with Crippen LogP contribution >= 0.6 is 0 Å². The van der Waals surface area contributed by atoms with Crippen molar-refractivity contribution in [2.45, 2.75) is 31.2 Å². The summed E-state index contributed by atoms with van der Waals surface area (Å²) >= 11 is 0. The van der Waals surface area contributed by atoms with Crippen molar-refractivity contribution in [2.24, 2.45) is 0 Å². The molecule has 2 saturated heterocycles. The lowest BCUT2D eigenvalue weighted by Crippen LogP contribution is -2.53. The summed E-state index contributed by atoms with van der Waals surface area (Å²) in [6, 6.07) is 10.2. The van der Waals surface area contributed by atoms with Crippen LogP contribution in [-0.4, -0.2) is 42.8 Å². The molecule has 1 aromatic carbocycles. The third-order valence-corrected chi connectivity index (χ3v) is 3.93. The molecule has 1 spiro atoms. The number of carbonyl (C=O) groups is 1. The van der Waals surface area contributed by atoms with Crippen molar-refractivity contribution in [1.29, 1.82) is 0 Å². The summed E-state index contributed by atoms with van der Waals surface area (Å²) in [6.07, 6.45) is 2.66. The van der Waals surface area contributed by atoms with Crippen LogP contribution in [0.25, 0.3) is 0 Å². The lowest BCUT2D eigenvalue weighted by Gasteiger charge is -2.41. The van der Waals surface area contributed by atoms with Gasteiger partial charge in [-0.2, -0.15) is 0 Å². The number of benzene rings is 1. The van der Waals surface area contributed by atoms with Gasteiger partial charge < -0.3 is 14.3 Å². The van der Waals surface area contributed by atoms with Gasteiger partial charge >= 0.3 is 0 Å². The molecule has 2 aliphatic heterocycles. The Hall–Kier alpha value is -1.23. The molecular formula is C15H19NO3. The number of hydrogen-bond donors (Lipinski definition) is 0. The van der Waals surface area contributed by atoms with Crippen LogP contribution in [0.3, 0.4) is 0 Å². The molecule has 3 rings (SSSR count). The van der Waals surface area contributed by atoms with Gasteiger partial charge in [0.25, 0.3) is 0 Å². The highest BCUT2D eigenvalue weighted by atomic mass is 16.7. The Morgan fingerprint density at radius 3 is 2.68 bits per heavy atom. The van der Waals surface area contributed by atoms with Crippen molar-refractivity contribution >= 4 is 6.29 Å². The lowest BCUT2D eigenvalue weighted by atomic mass is 9.97. The van der Waals surface area contributed by atoms with Gasteiger partial charge in [0, 0.05) is 13.0 Å². The zero-order chi connectivity index (χ0) is 13.1. The first-order valence-corrected chi connectivity index (χ1v) is 6.82.